The van der Waals surface area contributed by atoms with Gasteiger partial charge in [0.25, 0.3) is 0 Å². The van der Waals surface area contributed by atoms with Crippen molar-refractivity contribution in [1.29, 1.82) is 0 Å². The lowest BCUT2D eigenvalue weighted by molar-refractivity contribution is -0.651. The molecule has 0 amide bonds. The Morgan fingerprint density at radius 2 is 1.62 bits per heavy atom. The maximum Gasteiger partial charge on any atom is 0.214 e. The summed E-state index contributed by atoms with van der Waals surface area (Å²) in [5.74, 6) is 0. The lowest BCUT2D eigenvalue weighted by Crippen LogP contribution is -2.33. The van der Waals surface area contributed by atoms with Crippen molar-refractivity contribution in [2.24, 2.45) is 7.05 Å². The minimum Gasteiger partial charge on any atom is -0.384 e. The van der Waals surface area contributed by atoms with E-state index in [0.29, 0.717) is 0 Å². The maximum absolute atomic E-state index is 6.30. The van der Waals surface area contributed by atoms with Crippen LogP contribution in [-0.2, 0) is 19.9 Å². The fourth-order valence-corrected chi connectivity index (χ4v) is 6.03. The van der Waals surface area contributed by atoms with Gasteiger partial charge >= 0.3 is 0 Å². The van der Waals surface area contributed by atoms with Crippen LogP contribution in [0.2, 0.25) is 5.02 Å². The molecule has 2 heterocycles. The second kappa shape index (κ2) is 11.3. The molecule has 37 heavy (non-hydrogen) atoms. The van der Waals surface area contributed by atoms with Crippen molar-refractivity contribution in [1.82, 2.24) is 4.98 Å². The van der Waals surface area contributed by atoms with Gasteiger partial charge in [-0.15, -0.1) is 0 Å². The van der Waals surface area contributed by atoms with Crippen molar-refractivity contribution in [2.45, 2.75) is 72.1 Å². The van der Waals surface area contributed by atoms with Crippen LogP contribution in [0.3, 0.4) is 0 Å². The molecule has 0 aliphatic heterocycles. The number of aromatic nitrogens is 2. The number of nitrogens with zero attached hydrogens (tertiary/aromatic N) is 2. The fraction of sp³-hybridized carbons (Fsp3) is 0.438. The monoisotopic (exact) mass is 515 g/mol. The van der Waals surface area contributed by atoms with E-state index in [-0.39, 0.29) is 0 Å². The highest BCUT2D eigenvalue weighted by molar-refractivity contribution is 6.31. The number of hydrogen-bond acceptors (Lipinski definition) is 3. The molecule has 2 aromatic carbocycles. The molecule has 1 aliphatic rings. The summed E-state index contributed by atoms with van der Waals surface area (Å²) in [7, 11) is 2.11. The van der Waals surface area contributed by atoms with Gasteiger partial charge in [-0.1, -0.05) is 36.1 Å². The third kappa shape index (κ3) is 5.55. The zero-order valence-corrected chi connectivity index (χ0v) is 23.6. The van der Waals surface area contributed by atoms with Gasteiger partial charge in [-0.05, 0) is 81.7 Å². The van der Waals surface area contributed by atoms with Crippen LogP contribution in [0.25, 0.3) is 21.8 Å². The Labute approximate surface area is 226 Å². The molecule has 0 spiro atoms. The van der Waals surface area contributed by atoms with E-state index < -0.39 is 0 Å². The van der Waals surface area contributed by atoms with E-state index in [1.165, 1.54) is 93.4 Å². The summed E-state index contributed by atoms with van der Waals surface area (Å²) < 4.78 is 2.22. The van der Waals surface area contributed by atoms with Crippen molar-refractivity contribution in [2.75, 3.05) is 23.7 Å². The Morgan fingerprint density at radius 1 is 0.865 bits per heavy atom. The first-order chi connectivity index (χ1) is 17.9. The van der Waals surface area contributed by atoms with Gasteiger partial charge < -0.3 is 10.6 Å². The SMILES string of the molecule is Cc1cc(C)c2nc3c(c(NCCCCCCNc4cc(C)[n+](C)c5ccc(Cl)cc45)c2c1)CCCC3. The number of hydrogen-bond donors (Lipinski definition) is 2. The zero-order chi connectivity index (χ0) is 25.9. The molecule has 194 valence electrons. The molecule has 0 fully saturated rings. The smallest absolute Gasteiger partial charge is 0.214 e. The molecule has 0 saturated carbocycles. The first-order valence-electron chi connectivity index (χ1n) is 13.9. The van der Waals surface area contributed by atoms with Crippen molar-refractivity contribution >= 4 is 44.8 Å². The van der Waals surface area contributed by atoms with Gasteiger partial charge in [-0.2, -0.15) is 4.57 Å². The number of pyridine rings is 2. The molecular weight excluding hydrogens is 476 g/mol. The van der Waals surface area contributed by atoms with Crippen LogP contribution in [0.5, 0.6) is 0 Å². The van der Waals surface area contributed by atoms with Gasteiger partial charge in [0, 0.05) is 53.9 Å². The minimum absolute atomic E-state index is 0.778. The summed E-state index contributed by atoms with van der Waals surface area (Å²) in [5, 5.41) is 10.8. The van der Waals surface area contributed by atoms with E-state index in [1.807, 2.05) is 6.07 Å². The number of aryl methyl sites for hydroxylation is 5. The Bertz CT molecular complexity index is 1440. The number of fused-ring (bicyclic) bond motifs is 3. The van der Waals surface area contributed by atoms with Crippen LogP contribution in [0.1, 0.15) is 66.6 Å². The number of rotatable bonds is 9. The average Bonchev–Trinajstić information content (AvgIpc) is 2.88. The van der Waals surface area contributed by atoms with Gasteiger partial charge in [0.15, 0.2) is 5.69 Å². The molecule has 0 unspecified atom stereocenters. The first-order valence-corrected chi connectivity index (χ1v) is 14.3. The molecule has 0 saturated heterocycles. The molecule has 5 rings (SSSR count). The predicted octanol–water partition coefficient (Wildman–Crippen LogP) is 7.75. The average molecular weight is 516 g/mol. The molecule has 2 N–H and O–H groups in total. The molecule has 0 atom stereocenters. The third-order valence-electron chi connectivity index (χ3n) is 7.91. The highest BCUT2D eigenvalue weighted by atomic mass is 35.5. The van der Waals surface area contributed by atoms with Crippen LogP contribution in [-0.4, -0.2) is 18.1 Å². The minimum atomic E-state index is 0.778. The van der Waals surface area contributed by atoms with Crippen molar-refractivity contribution in [3.63, 3.8) is 0 Å². The van der Waals surface area contributed by atoms with Gasteiger partial charge in [-0.25, -0.2) is 0 Å². The Kier molecular flexibility index (Phi) is 7.85. The van der Waals surface area contributed by atoms with E-state index in [0.717, 1.165) is 37.4 Å². The Morgan fingerprint density at radius 3 is 2.43 bits per heavy atom. The Balaban J connectivity index is 1.16. The largest absolute Gasteiger partial charge is 0.384 e. The Hall–Kier alpha value is -2.85. The van der Waals surface area contributed by atoms with Gasteiger partial charge in [-0.3, -0.25) is 4.98 Å². The predicted molar refractivity (Wildman–Crippen MR) is 158 cm³/mol. The quantitative estimate of drug-likeness (QED) is 0.177. The normalized spacial score (nSPS) is 13.2. The van der Waals surface area contributed by atoms with Crippen molar-refractivity contribution in [3.8, 4) is 0 Å². The zero-order valence-electron chi connectivity index (χ0n) is 22.8. The maximum atomic E-state index is 6.30. The molecular formula is C32H40ClN4+. The molecule has 0 radical (unpaired) electrons. The lowest BCUT2D eigenvalue weighted by Gasteiger charge is -2.22. The molecule has 0 bridgehead atoms. The molecule has 2 aromatic heterocycles. The number of halogens is 1. The molecule has 4 nitrogen and oxygen atoms in total. The molecule has 1 aliphatic carbocycles. The summed E-state index contributed by atoms with van der Waals surface area (Å²) in [6.07, 6.45) is 9.59. The van der Waals surface area contributed by atoms with Gasteiger partial charge in [0.2, 0.25) is 5.52 Å². The molecule has 4 aromatic rings. The number of unbranched alkanes of at least 4 members (excludes halogenated alkanes) is 3. The fourth-order valence-electron chi connectivity index (χ4n) is 5.86. The second-order valence-electron chi connectivity index (χ2n) is 10.8. The van der Waals surface area contributed by atoms with Crippen molar-refractivity contribution in [3.05, 3.63) is 69.5 Å². The molecule has 5 heteroatoms. The highest BCUT2D eigenvalue weighted by Gasteiger charge is 2.19. The van der Waals surface area contributed by atoms with E-state index in [4.69, 9.17) is 16.6 Å². The standard InChI is InChI=1S/C32H39ClN4/c1-21-17-22(2)31-27(18-21)32(25-11-7-8-12-28(25)36-31)35-16-10-6-5-9-15-34-29-19-23(3)37(4)30-14-13-24(33)20-26(29)30/h13-14,17-20H,5-12,15-16H2,1-4H3,(H,35,36)/p+1. The topological polar surface area (TPSA) is 40.8 Å². The van der Waals surface area contributed by atoms with Crippen LogP contribution < -0.4 is 15.2 Å². The second-order valence-corrected chi connectivity index (χ2v) is 11.2. The highest BCUT2D eigenvalue weighted by Crippen LogP contribution is 2.35. The summed E-state index contributed by atoms with van der Waals surface area (Å²) >= 11 is 6.30. The first kappa shape index (κ1) is 25.8. The summed E-state index contributed by atoms with van der Waals surface area (Å²) in [6, 6.07) is 12.9. The van der Waals surface area contributed by atoms with Gasteiger partial charge in [0.05, 0.1) is 16.6 Å². The van der Waals surface area contributed by atoms with Crippen LogP contribution in [0, 0.1) is 20.8 Å². The third-order valence-corrected chi connectivity index (χ3v) is 8.15. The van der Waals surface area contributed by atoms with E-state index in [1.54, 1.807) is 0 Å². The van der Waals surface area contributed by atoms with E-state index in [9.17, 15) is 0 Å². The van der Waals surface area contributed by atoms with Crippen LogP contribution in [0.15, 0.2) is 36.4 Å². The van der Waals surface area contributed by atoms with Crippen LogP contribution in [0.4, 0.5) is 11.4 Å². The number of anilines is 2. The van der Waals surface area contributed by atoms with E-state index >= 15 is 0 Å². The number of nitrogens with one attached hydrogen (secondary N) is 2. The van der Waals surface area contributed by atoms with E-state index in [2.05, 4.69) is 73.4 Å². The van der Waals surface area contributed by atoms with Crippen LogP contribution >= 0.6 is 11.6 Å². The van der Waals surface area contributed by atoms with Gasteiger partial charge in [0.1, 0.15) is 7.05 Å². The summed E-state index contributed by atoms with van der Waals surface area (Å²) in [6.45, 7) is 8.53. The summed E-state index contributed by atoms with van der Waals surface area (Å²) in [4.78, 5) is 5.10. The summed E-state index contributed by atoms with van der Waals surface area (Å²) in [5.41, 5.74) is 11.5. The lowest BCUT2D eigenvalue weighted by atomic mass is 9.91. The van der Waals surface area contributed by atoms with Crippen molar-refractivity contribution < 1.29 is 4.57 Å². The number of benzene rings is 2.